The minimum Gasteiger partial charge on any atom is -0.423 e. The first-order chi connectivity index (χ1) is 11.8. The van der Waals surface area contributed by atoms with Gasteiger partial charge in [-0.2, -0.15) is 4.31 Å². The number of hydrogen-bond acceptors (Lipinski definition) is 4. The van der Waals surface area contributed by atoms with Crippen molar-refractivity contribution < 1.29 is 17.9 Å². The van der Waals surface area contributed by atoms with Crippen LogP contribution in [0.25, 0.3) is 0 Å². The Kier molecular flexibility index (Phi) is 6.62. The standard InChI is InChI=1S/C17H17BrClNO4S/c1-3-20(4-2)25(22,23)14-9-10-16(19)15(11-14)17(21)24-13-7-5-12(18)6-8-13/h5-11H,3-4H2,1-2H3. The molecule has 0 heterocycles. The molecule has 2 aromatic carbocycles. The first-order valence-electron chi connectivity index (χ1n) is 7.57. The first kappa shape index (κ1) is 19.9. The Morgan fingerprint density at radius 3 is 2.28 bits per heavy atom. The molecule has 0 N–H and O–H groups in total. The van der Waals surface area contributed by atoms with E-state index in [1.807, 2.05) is 0 Å². The molecule has 0 saturated heterocycles. The summed E-state index contributed by atoms with van der Waals surface area (Å²) in [5.41, 5.74) is -0.00202. The molecule has 0 fully saturated rings. The molecule has 0 amide bonds. The van der Waals surface area contributed by atoms with Crippen LogP contribution in [-0.2, 0) is 10.0 Å². The number of halogens is 2. The molecule has 134 valence electrons. The Morgan fingerprint density at radius 1 is 1.12 bits per heavy atom. The highest BCUT2D eigenvalue weighted by atomic mass is 79.9. The van der Waals surface area contributed by atoms with Crippen LogP contribution in [0.4, 0.5) is 0 Å². The van der Waals surface area contributed by atoms with E-state index >= 15 is 0 Å². The van der Waals surface area contributed by atoms with Crippen molar-refractivity contribution in [3.8, 4) is 5.75 Å². The Hall–Kier alpha value is -1.41. The topological polar surface area (TPSA) is 63.7 Å². The number of ether oxygens (including phenoxy) is 1. The number of benzene rings is 2. The largest absolute Gasteiger partial charge is 0.423 e. The average molecular weight is 447 g/mol. The molecule has 2 aromatic rings. The highest BCUT2D eigenvalue weighted by Gasteiger charge is 2.24. The lowest BCUT2D eigenvalue weighted by Gasteiger charge is -2.19. The molecule has 0 spiro atoms. The van der Waals surface area contributed by atoms with E-state index in [0.717, 1.165) is 4.47 Å². The number of carbonyl (C=O) groups excluding carboxylic acids is 1. The van der Waals surface area contributed by atoms with E-state index in [4.69, 9.17) is 16.3 Å². The van der Waals surface area contributed by atoms with Crippen molar-refractivity contribution in [2.24, 2.45) is 0 Å². The van der Waals surface area contributed by atoms with Crippen molar-refractivity contribution in [1.29, 1.82) is 0 Å². The normalized spacial score (nSPS) is 11.6. The second-order valence-corrected chi connectivity index (χ2v) is 8.34. The lowest BCUT2D eigenvalue weighted by atomic mass is 10.2. The smallest absolute Gasteiger partial charge is 0.345 e. The van der Waals surface area contributed by atoms with Gasteiger partial charge in [0.15, 0.2) is 0 Å². The summed E-state index contributed by atoms with van der Waals surface area (Å²) in [5, 5.41) is 0.126. The number of carbonyl (C=O) groups is 1. The van der Waals surface area contributed by atoms with Crippen LogP contribution in [-0.4, -0.2) is 31.8 Å². The molecule has 8 heteroatoms. The molecule has 0 radical (unpaired) electrons. The van der Waals surface area contributed by atoms with Crippen molar-refractivity contribution in [2.45, 2.75) is 18.7 Å². The Morgan fingerprint density at radius 2 is 1.72 bits per heavy atom. The van der Waals surface area contributed by atoms with Crippen molar-refractivity contribution >= 4 is 43.5 Å². The Labute approximate surface area is 160 Å². The number of nitrogens with zero attached hydrogens (tertiary/aromatic N) is 1. The lowest BCUT2D eigenvalue weighted by Crippen LogP contribution is -2.30. The van der Waals surface area contributed by atoms with Crippen LogP contribution in [0.3, 0.4) is 0 Å². The van der Waals surface area contributed by atoms with Gasteiger partial charge in [0, 0.05) is 17.6 Å². The van der Waals surface area contributed by atoms with Gasteiger partial charge in [0.05, 0.1) is 15.5 Å². The van der Waals surface area contributed by atoms with Gasteiger partial charge in [0.2, 0.25) is 10.0 Å². The van der Waals surface area contributed by atoms with Gasteiger partial charge in [0.1, 0.15) is 5.75 Å². The van der Waals surface area contributed by atoms with Crippen molar-refractivity contribution in [2.75, 3.05) is 13.1 Å². The van der Waals surface area contributed by atoms with Gasteiger partial charge in [0.25, 0.3) is 0 Å². The molecule has 5 nitrogen and oxygen atoms in total. The van der Waals surface area contributed by atoms with Gasteiger partial charge in [-0.3, -0.25) is 0 Å². The second kappa shape index (κ2) is 8.31. The zero-order chi connectivity index (χ0) is 18.6. The molecule has 0 bridgehead atoms. The summed E-state index contributed by atoms with van der Waals surface area (Å²) in [4.78, 5) is 12.4. The molecular weight excluding hydrogens is 430 g/mol. The van der Waals surface area contributed by atoms with Crippen LogP contribution < -0.4 is 4.74 Å². The van der Waals surface area contributed by atoms with Gasteiger partial charge in [-0.05, 0) is 42.5 Å². The monoisotopic (exact) mass is 445 g/mol. The highest BCUT2D eigenvalue weighted by molar-refractivity contribution is 9.10. The van der Waals surface area contributed by atoms with Crippen LogP contribution in [0.1, 0.15) is 24.2 Å². The van der Waals surface area contributed by atoms with E-state index in [1.54, 1.807) is 38.1 Å². The highest BCUT2D eigenvalue weighted by Crippen LogP contribution is 2.25. The lowest BCUT2D eigenvalue weighted by molar-refractivity contribution is 0.0734. The summed E-state index contributed by atoms with van der Waals surface area (Å²) < 4.78 is 32.6. The third-order valence-corrected chi connectivity index (χ3v) is 6.43. The van der Waals surface area contributed by atoms with E-state index in [1.165, 1.54) is 22.5 Å². The SMILES string of the molecule is CCN(CC)S(=O)(=O)c1ccc(Cl)c(C(=O)Oc2ccc(Br)cc2)c1. The van der Waals surface area contributed by atoms with Gasteiger partial charge in [-0.1, -0.05) is 41.4 Å². The molecule has 0 atom stereocenters. The van der Waals surface area contributed by atoms with Crippen LogP contribution in [0.5, 0.6) is 5.75 Å². The summed E-state index contributed by atoms with van der Waals surface area (Å²) >= 11 is 9.36. The van der Waals surface area contributed by atoms with Gasteiger partial charge in [-0.25, -0.2) is 13.2 Å². The minimum absolute atomic E-state index is 0.00202. The summed E-state index contributed by atoms with van der Waals surface area (Å²) in [6.45, 7) is 4.17. The zero-order valence-electron chi connectivity index (χ0n) is 13.7. The quantitative estimate of drug-likeness (QED) is 0.489. The van der Waals surface area contributed by atoms with E-state index < -0.39 is 16.0 Å². The molecule has 0 aliphatic carbocycles. The predicted molar refractivity (Wildman–Crippen MR) is 101 cm³/mol. The average Bonchev–Trinajstić information content (AvgIpc) is 2.58. The molecule has 25 heavy (non-hydrogen) atoms. The zero-order valence-corrected chi connectivity index (χ0v) is 16.9. The maximum atomic E-state index is 12.6. The molecule has 0 aliphatic heterocycles. The Balaban J connectivity index is 2.35. The molecule has 2 rings (SSSR count). The first-order valence-corrected chi connectivity index (χ1v) is 10.2. The van der Waals surface area contributed by atoms with Gasteiger partial charge < -0.3 is 4.74 Å². The summed E-state index contributed by atoms with van der Waals surface area (Å²) in [6.07, 6.45) is 0. The van der Waals surface area contributed by atoms with Crippen LogP contribution in [0.15, 0.2) is 51.8 Å². The minimum atomic E-state index is -3.69. The van der Waals surface area contributed by atoms with E-state index in [0.29, 0.717) is 18.8 Å². The van der Waals surface area contributed by atoms with E-state index in [-0.39, 0.29) is 15.5 Å². The van der Waals surface area contributed by atoms with Crippen LogP contribution in [0, 0.1) is 0 Å². The Bertz CT molecular complexity index is 865. The third-order valence-electron chi connectivity index (χ3n) is 3.53. The molecule has 0 aromatic heterocycles. The third kappa shape index (κ3) is 4.61. The van der Waals surface area contributed by atoms with Gasteiger partial charge >= 0.3 is 5.97 Å². The van der Waals surface area contributed by atoms with Crippen LogP contribution in [0.2, 0.25) is 5.02 Å². The fourth-order valence-electron chi connectivity index (χ4n) is 2.20. The molecular formula is C17H17BrClNO4S. The maximum absolute atomic E-state index is 12.6. The molecule has 0 unspecified atom stereocenters. The number of sulfonamides is 1. The maximum Gasteiger partial charge on any atom is 0.345 e. The number of hydrogen-bond donors (Lipinski definition) is 0. The van der Waals surface area contributed by atoms with E-state index in [2.05, 4.69) is 15.9 Å². The number of esters is 1. The summed E-state index contributed by atoms with van der Waals surface area (Å²) in [6, 6.07) is 10.7. The fourth-order valence-corrected chi connectivity index (χ4v) is 4.14. The van der Waals surface area contributed by atoms with Crippen molar-refractivity contribution in [1.82, 2.24) is 4.31 Å². The van der Waals surface area contributed by atoms with Crippen molar-refractivity contribution in [3.63, 3.8) is 0 Å². The second-order valence-electron chi connectivity index (χ2n) is 5.07. The molecule has 0 saturated carbocycles. The van der Waals surface area contributed by atoms with Crippen molar-refractivity contribution in [3.05, 3.63) is 57.5 Å². The van der Waals surface area contributed by atoms with E-state index in [9.17, 15) is 13.2 Å². The predicted octanol–water partition coefficient (Wildman–Crippen LogP) is 4.35. The fraction of sp³-hybridized carbons (Fsp3) is 0.235. The summed E-state index contributed by atoms with van der Waals surface area (Å²) in [7, 11) is -3.69. The van der Waals surface area contributed by atoms with Crippen LogP contribution >= 0.6 is 27.5 Å². The summed E-state index contributed by atoms with van der Waals surface area (Å²) in [5.74, 6) is -0.384. The number of rotatable bonds is 6. The molecule has 0 aliphatic rings. The van der Waals surface area contributed by atoms with Gasteiger partial charge in [-0.15, -0.1) is 0 Å².